The molecule has 0 bridgehead atoms. The van der Waals surface area contributed by atoms with Crippen LogP contribution in [0.5, 0.6) is 0 Å². The van der Waals surface area contributed by atoms with Crippen LogP contribution < -0.4 is 0 Å². The molecule has 324 valence electrons. The maximum absolute atomic E-state index is 2.55. The van der Waals surface area contributed by atoms with Crippen molar-refractivity contribution < 1.29 is 0 Å². The van der Waals surface area contributed by atoms with Gasteiger partial charge in [0, 0.05) is 44.3 Å². The fourth-order valence-electron chi connectivity index (χ4n) is 12.7. The van der Waals surface area contributed by atoms with Crippen molar-refractivity contribution in [2.75, 3.05) is 0 Å². The number of nitrogens with zero attached hydrogens (tertiary/aromatic N) is 2. The van der Waals surface area contributed by atoms with Crippen LogP contribution in [0.3, 0.4) is 0 Å². The number of fused-ring (bicyclic) bond motifs is 12. The van der Waals surface area contributed by atoms with Gasteiger partial charge in [0.15, 0.2) is 0 Å². The molecule has 1 atom stereocenters. The summed E-state index contributed by atoms with van der Waals surface area (Å²) in [6, 6.07) is 77.2. The molecule has 2 heteroatoms. The lowest BCUT2D eigenvalue weighted by molar-refractivity contribution is 0.613. The monoisotopic (exact) mass is 870 g/mol. The summed E-state index contributed by atoms with van der Waals surface area (Å²) >= 11 is 0. The van der Waals surface area contributed by atoms with Gasteiger partial charge in [-0.25, -0.2) is 0 Å². The summed E-state index contributed by atoms with van der Waals surface area (Å²) in [7, 11) is 0. The molecule has 0 saturated heterocycles. The smallest absolute Gasteiger partial charge is 0.0547 e. The topological polar surface area (TPSA) is 9.86 Å². The second-order valence-corrected chi connectivity index (χ2v) is 20.5. The lowest BCUT2D eigenvalue weighted by atomic mass is 9.76. The molecule has 9 aromatic carbocycles. The molecule has 0 fully saturated rings. The first kappa shape index (κ1) is 39.2. The molecule has 14 rings (SSSR count). The van der Waals surface area contributed by atoms with Crippen molar-refractivity contribution in [1.82, 2.24) is 9.13 Å². The Morgan fingerprint density at radius 3 is 1.56 bits per heavy atom. The van der Waals surface area contributed by atoms with E-state index in [0.717, 1.165) is 12.1 Å². The molecule has 1 unspecified atom stereocenters. The number of allylic oxidation sites excluding steroid dienone is 1. The van der Waals surface area contributed by atoms with E-state index in [1.54, 1.807) is 0 Å². The molecule has 11 aromatic rings. The maximum Gasteiger partial charge on any atom is 0.0547 e. The minimum absolute atomic E-state index is 0.0304. The van der Waals surface area contributed by atoms with Crippen molar-refractivity contribution in [3.05, 3.63) is 245 Å². The molecule has 2 nitrogen and oxygen atoms in total. The van der Waals surface area contributed by atoms with Gasteiger partial charge in [-0.15, -0.1) is 0 Å². The molecule has 0 N–H and O–H groups in total. The van der Waals surface area contributed by atoms with Crippen molar-refractivity contribution in [3.63, 3.8) is 0 Å². The highest BCUT2D eigenvalue weighted by Crippen LogP contribution is 2.56. The summed E-state index contributed by atoms with van der Waals surface area (Å²) in [5.41, 5.74) is 26.0. The van der Waals surface area contributed by atoms with Gasteiger partial charge in [-0.1, -0.05) is 191 Å². The van der Waals surface area contributed by atoms with Crippen LogP contribution in [0.1, 0.15) is 67.1 Å². The number of hydrogen-bond donors (Lipinski definition) is 0. The van der Waals surface area contributed by atoms with E-state index >= 15 is 0 Å². The average Bonchev–Trinajstić information content (AvgIpc) is 4.03. The fourth-order valence-corrected chi connectivity index (χ4v) is 12.7. The van der Waals surface area contributed by atoms with Crippen LogP contribution in [0.25, 0.3) is 94.7 Å². The van der Waals surface area contributed by atoms with Crippen molar-refractivity contribution in [2.45, 2.75) is 50.9 Å². The Morgan fingerprint density at radius 1 is 0.382 bits per heavy atom. The number of benzene rings is 9. The predicted molar refractivity (Wildman–Crippen MR) is 285 cm³/mol. The Balaban J connectivity index is 0.883. The Kier molecular flexibility index (Phi) is 8.24. The molecule has 0 amide bonds. The van der Waals surface area contributed by atoms with Gasteiger partial charge in [-0.05, 0) is 133 Å². The SMILES string of the molecule is CC1(C)C2=Cc3c(c4ccc(-c5ccccc5)cc4n3-c3ccc(-c4ccc(-n5c6cc(-c7ccccc7)ccc6c6cc7c(cc65)C(C)(C)c5ccccc5-7)cc4)cc3)CC2c2ccccc21. The number of hydrogen-bond acceptors (Lipinski definition) is 0. The summed E-state index contributed by atoms with van der Waals surface area (Å²) in [4.78, 5) is 0. The van der Waals surface area contributed by atoms with Gasteiger partial charge < -0.3 is 9.13 Å². The zero-order valence-corrected chi connectivity index (χ0v) is 38.9. The first-order valence-electron chi connectivity index (χ1n) is 24.3. The van der Waals surface area contributed by atoms with Gasteiger partial charge in [0.2, 0.25) is 0 Å². The van der Waals surface area contributed by atoms with Gasteiger partial charge in [-0.3, -0.25) is 0 Å². The quantitative estimate of drug-likeness (QED) is 0.163. The zero-order valence-electron chi connectivity index (χ0n) is 38.9. The first-order valence-corrected chi connectivity index (χ1v) is 24.3. The standard InChI is InChI=1S/C66H50N2/c1-65(2)57-21-13-11-19-49(57)53-37-55-51-33-27-45(41-15-7-5-8-16-41)35-61(51)67(63(55)39-59(53)65)47-29-23-43(24-30-47)44-25-31-48(32-26-44)68-62-36-46(42-17-9-6-10-18-42)28-34-52(62)56-38-54-50-20-12-14-22-58(50)66(3,4)60(54)40-64(56)68/h5-37,39-40,54H,38H2,1-4H3. The second-order valence-electron chi connectivity index (χ2n) is 20.5. The van der Waals surface area contributed by atoms with E-state index in [1.807, 2.05) is 0 Å². The van der Waals surface area contributed by atoms with Crippen molar-refractivity contribution >= 4 is 38.8 Å². The molecule has 0 aliphatic heterocycles. The Labute approximate surface area is 398 Å². The molecule has 2 aromatic heterocycles. The Hall–Kier alpha value is -7.94. The van der Waals surface area contributed by atoms with Crippen molar-refractivity contribution in [1.29, 1.82) is 0 Å². The van der Waals surface area contributed by atoms with Crippen LogP contribution in [0.2, 0.25) is 0 Å². The van der Waals surface area contributed by atoms with Gasteiger partial charge in [0.25, 0.3) is 0 Å². The predicted octanol–water partition coefficient (Wildman–Crippen LogP) is 17.0. The van der Waals surface area contributed by atoms with E-state index in [0.29, 0.717) is 5.92 Å². The second kappa shape index (κ2) is 14.3. The molecular formula is C66H50N2. The highest BCUT2D eigenvalue weighted by atomic mass is 15.0. The van der Waals surface area contributed by atoms with Crippen LogP contribution in [-0.4, -0.2) is 9.13 Å². The first-order chi connectivity index (χ1) is 33.2. The lowest BCUT2D eigenvalue weighted by Gasteiger charge is -2.28. The Bertz CT molecular complexity index is 3890. The molecule has 0 spiro atoms. The molecule has 0 saturated carbocycles. The molecular weight excluding hydrogens is 821 g/mol. The van der Waals surface area contributed by atoms with Gasteiger partial charge in [-0.2, -0.15) is 0 Å². The van der Waals surface area contributed by atoms with Gasteiger partial charge >= 0.3 is 0 Å². The van der Waals surface area contributed by atoms with E-state index in [4.69, 9.17) is 0 Å². The lowest BCUT2D eigenvalue weighted by Crippen LogP contribution is -2.19. The third-order valence-electron chi connectivity index (χ3n) is 16.2. The van der Waals surface area contributed by atoms with E-state index < -0.39 is 0 Å². The molecule has 68 heavy (non-hydrogen) atoms. The van der Waals surface area contributed by atoms with Gasteiger partial charge in [0.05, 0.1) is 22.2 Å². The minimum Gasteiger partial charge on any atom is -0.310 e. The third-order valence-corrected chi connectivity index (χ3v) is 16.2. The summed E-state index contributed by atoms with van der Waals surface area (Å²) in [5, 5.41) is 3.90. The van der Waals surface area contributed by atoms with Gasteiger partial charge in [0.1, 0.15) is 0 Å². The summed E-state index contributed by atoms with van der Waals surface area (Å²) < 4.78 is 5.03. The number of aromatic nitrogens is 2. The van der Waals surface area contributed by atoms with Crippen LogP contribution in [-0.2, 0) is 17.3 Å². The maximum atomic E-state index is 2.55. The van der Waals surface area contributed by atoms with E-state index in [1.165, 1.54) is 122 Å². The van der Waals surface area contributed by atoms with Crippen LogP contribution >= 0.6 is 0 Å². The van der Waals surface area contributed by atoms with Crippen LogP contribution in [0, 0.1) is 0 Å². The Morgan fingerprint density at radius 2 is 0.897 bits per heavy atom. The molecule has 2 heterocycles. The summed E-state index contributed by atoms with van der Waals surface area (Å²) in [5.74, 6) is 0.394. The van der Waals surface area contributed by atoms with Crippen LogP contribution in [0.4, 0.5) is 0 Å². The summed E-state index contributed by atoms with van der Waals surface area (Å²) in [6.45, 7) is 9.58. The average molecular weight is 871 g/mol. The van der Waals surface area contributed by atoms with Crippen molar-refractivity contribution in [2.24, 2.45) is 0 Å². The normalized spacial score (nSPS) is 16.1. The molecule has 0 radical (unpaired) electrons. The summed E-state index contributed by atoms with van der Waals surface area (Å²) in [6.07, 6.45) is 3.55. The highest BCUT2D eigenvalue weighted by Gasteiger charge is 2.44. The minimum atomic E-state index is -0.0959. The molecule has 3 aliphatic rings. The third kappa shape index (κ3) is 5.58. The van der Waals surface area contributed by atoms with Crippen molar-refractivity contribution in [3.8, 4) is 55.9 Å². The zero-order chi connectivity index (χ0) is 45.5. The van der Waals surface area contributed by atoms with E-state index in [9.17, 15) is 0 Å². The van der Waals surface area contributed by atoms with E-state index in [2.05, 4.69) is 249 Å². The fraction of sp³-hybridized carbons (Fsp3) is 0.121. The molecule has 3 aliphatic carbocycles. The highest BCUT2D eigenvalue weighted by molar-refractivity contribution is 6.12. The van der Waals surface area contributed by atoms with Crippen LogP contribution in [0.15, 0.2) is 212 Å². The largest absolute Gasteiger partial charge is 0.310 e. The van der Waals surface area contributed by atoms with E-state index in [-0.39, 0.29) is 10.8 Å². The number of rotatable bonds is 5.